The number of carbonyl (C=O) groups excluding carboxylic acids is 1. The number of amides is 2. The molecule has 1 aliphatic rings. The Bertz CT molecular complexity index is 756. The number of nitrogens with zero attached hydrogens (tertiary/aromatic N) is 3. The zero-order chi connectivity index (χ0) is 17.3. The van der Waals surface area contributed by atoms with E-state index in [1.165, 1.54) is 0 Å². The number of aryl methyl sites for hydroxylation is 1. The van der Waals surface area contributed by atoms with E-state index in [1.54, 1.807) is 12.0 Å². The van der Waals surface area contributed by atoms with E-state index < -0.39 is 6.03 Å². The van der Waals surface area contributed by atoms with E-state index in [-0.39, 0.29) is 6.04 Å². The first-order chi connectivity index (χ1) is 11.5. The Morgan fingerprint density at radius 1 is 1.42 bits per heavy atom. The SMILES string of the molecule is COc1cccc(-n2nc(C)c(C3COCCN3C(N)=O)c2C)c1. The Morgan fingerprint density at radius 3 is 2.92 bits per heavy atom. The zero-order valence-electron chi connectivity index (χ0n) is 14.2. The lowest BCUT2D eigenvalue weighted by atomic mass is 10.0. The fraction of sp³-hybridized carbons (Fsp3) is 0.412. The van der Waals surface area contributed by atoms with Crippen LogP contribution >= 0.6 is 0 Å². The summed E-state index contributed by atoms with van der Waals surface area (Å²) < 4.78 is 12.7. The topological polar surface area (TPSA) is 82.6 Å². The third kappa shape index (κ3) is 2.82. The van der Waals surface area contributed by atoms with Crippen LogP contribution in [0.2, 0.25) is 0 Å². The molecule has 1 atom stereocenters. The van der Waals surface area contributed by atoms with Crippen molar-refractivity contribution in [3.63, 3.8) is 0 Å². The number of nitrogens with two attached hydrogens (primary N) is 1. The van der Waals surface area contributed by atoms with Gasteiger partial charge in [0.25, 0.3) is 0 Å². The lowest BCUT2D eigenvalue weighted by Gasteiger charge is -2.34. The molecule has 1 aromatic heterocycles. The molecule has 0 bridgehead atoms. The largest absolute Gasteiger partial charge is 0.497 e. The monoisotopic (exact) mass is 330 g/mol. The molecule has 1 unspecified atom stereocenters. The maximum atomic E-state index is 11.8. The summed E-state index contributed by atoms with van der Waals surface area (Å²) >= 11 is 0. The number of urea groups is 1. The summed E-state index contributed by atoms with van der Waals surface area (Å²) in [5.74, 6) is 0.765. The van der Waals surface area contributed by atoms with Gasteiger partial charge in [0.2, 0.25) is 0 Å². The van der Waals surface area contributed by atoms with E-state index in [1.807, 2.05) is 42.8 Å². The van der Waals surface area contributed by atoms with Crippen LogP contribution in [0.3, 0.4) is 0 Å². The molecule has 0 aliphatic carbocycles. The molecule has 0 saturated carbocycles. The standard InChI is InChI=1S/C17H22N4O3/c1-11-16(15-10-24-8-7-20(15)17(18)22)12(2)21(19-11)13-5-4-6-14(9-13)23-3/h4-6,9,15H,7-8,10H2,1-3H3,(H2,18,22). The van der Waals surface area contributed by atoms with Crippen molar-refractivity contribution in [1.82, 2.24) is 14.7 Å². The molecule has 2 N–H and O–H groups in total. The number of primary amides is 1. The Balaban J connectivity index is 2.04. The fourth-order valence-electron chi connectivity index (χ4n) is 3.24. The average Bonchev–Trinajstić information content (AvgIpc) is 2.89. The first kappa shape index (κ1) is 16.3. The molecule has 3 rings (SSSR count). The normalized spacial score (nSPS) is 17.8. The van der Waals surface area contributed by atoms with Crippen LogP contribution in [0, 0.1) is 13.8 Å². The highest BCUT2D eigenvalue weighted by Crippen LogP contribution is 2.31. The number of methoxy groups -OCH3 is 1. The van der Waals surface area contributed by atoms with Gasteiger partial charge in [0.05, 0.1) is 37.7 Å². The highest BCUT2D eigenvalue weighted by Gasteiger charge is 2.31. The predicted octanol–water partition coefficient (Wildman–Crippen LogP) is 1.95. The summed E-state index contributed by atoms with van der Waals surface area (Å²) in [6, 6.07) is 7.05. The molecule has 1 saturated heterocycles. The van der Waals surface area contributed by atoms with Gasteiger partial charge in [0.15, 0.2) is 0 Å². The number of aromatic nitrogens is 2. The molecular weight excluding hydrogens is 308 g/mol. The van der Waals surface area contributed by atoms with Crippen molar-refractivity contribution in [2.75, 3.05) is 26.9 Å². The molecule has 7 nitrogen and oxygen atoms in total. The molecule has 1 aromatic carbocycles. The third-order valence-corrected chi connectivity index (χ3v) is 4.39. The highest BCUT2D eigenvalue weighted by molar-refractivity contribution is 5.73. The van der Waals surface area contributed by atoms with Crippen molar-refractivity contribution in [2.45, 2.75) is 19.9 Å². The van der Waals surface area contributed by atoms with E-state index in [4.69, 9.17) is 15.2 Å². The highest BCUT2D eigenvalue weighted by atomic mass is 16.5. The van der Waals surface area contributed by atoms with E-state index in [2.05, 4.69) is 5.10 Å². The molecular formula is C17H22N4O3. The Labute approximate surface area is 140 Å². The summed E-state index contributed by atoms with van der Waals surface area (Å²) in [5.41, 5.74) is 9.25. The van der Waals surface area contributed by atoms with Gasteiger partial charge in [-0.2, -0.15) is 5.10 Å². The van der Waals surface area contributed by atoms with Gasteiger partial charge in [0, 0.05) is 23.9 Å². The second kappa shape index (κ2) is 6.52. The summed E-state index contributed by atoms with van der Waals surface area (Å²) in [4.78, 5) is 13.4. The lowest BCUT2D eigenvalue weighted by molar-refractivity contribution is 0.0133. The minimum Gasteiger partial charge on any atom is -0.497 e. The van der Waals surface area contributed by atoms with Crippen molar-refractivity contribution >= 4 is 6.03 Å². The van der Waals surface area contributed by atoms with Crippen LogP contribution in [-0.4, -0.2) is 47.6 Å². The molecule has 0 radical (unpaired) electrons. The summed E-state index contributed by atoms with van der Waals surface area (Å²) in [7, 11) is 1.63. The zero-order valence-corrected chi connectivity index (χ0v) is 14.2. The van der Waals surface area contributed by atoms with E-state index in [9.17, 15) is 4.79 Å². The van der Waals surface area contributed by atoms with Crippen molar-refractivity contribution in [2.24, 2.45) is 5.73 Å². The number of hydrogen-bond donors (Lipinski definition) is 1. The molecule has 2 amide bonds. The van der Waals surface area contributed by atoms with Crippen LogP contribution in [0.25, 0.3) is 5.69 Å². The van der Waals surface area contributed by atoms with Gasteiger partial charge in [-0.05, 0) is 26.0 Å². The second-order valence-electron chi connectivity index (χ2n) is 5.82. The summed E-state index contributed by atoms with van der Waals surface area (Å²) in [5, 5.41) is 4.65. The van der Waals surface area contributed by atoms with E-state index >= 15 is 0 Å². The molecule has 1 aliphatic heterocycles. The van der Waals surface area contributed by atoms with Crippen LogP contribution in [0.1, 0.15) is 23.0 Å². The number of carbonyl (C=O) groups is 1. The average molecular weight is 330 g/mol. The van der Waals surface area contributed by atoms with Crippen LogP contribution < -0.4 is 10.5 Å². The van der Waals surface area contributed by atoms with Crippen molar-refractivity contribution in [3.05, 3.63) is 41.2 Å². The molecule has 2 heterocycles. The molecule has 128 valence electrons. The number of benzene rings is 1. The maximum absolute atomic E-state index is 11.8. The van der Waals surface area contributed by atoms with Crippen molar-refractivity contribution in [1.29, 1.82) is 0 Å². The second-order valence-corrected chi connectivity index (χ2v) is 5.82. The third-order valence-electron chi connectivity index (χ3n) is 4.39. The van der Waals surface area contributed by atoms with Gasteiger partial charge in [-0.15, -0.1) is 0 Å². The number of rotatable bonds is 3. The molecule has 0 spiro atoms. The number of morpholine rings is 1. The summed E-state index contributed by atoms with van der Waals surface area (Å²) in [6.45, 7) is 5.34. The van der Waals surface area contributed by atoms with Crippen LogP contribution in [0.4, 0.5) is 4.79 Å². The smallest absolute Gasteiger partial charge is 0.315 e. The fourth-order valence-corrected chi connectivity index (χ4v) is 3.24. The van der Waals surface area contributed by atoms with E-state index in [0.29, 0.717) is 19.8 Å². The van der Waals surface area contributed by atoms with Crippen LogP contribution in [0.15, 0.2) is 24.3 Å². The Kier molecular flexibility index (Phi) is 4.44. The molecule has 2 aromatic rings. The van der Waals surface area contributed by atoms with Crippen LogP contribution in [0.5, 0.6) is 5.75 Å². The van der Waals surface area contributed by atoms with Crippen molar-refractivity contribution in [3.8, 4) is 11.4 Å². The molecule has 24 heavy (non-hydrogen) atoms. The maximum Gasteiger partial charge on any atom is 0.315 e. The first-order valence-corrected chi connectivity index (χ1v) is 7.87. The first-order valence-electron chi connectivity index (χ1n) is 7.87. The van der Waals surface area contributed by atoms with Crippen LogP contribution in [-0.2, 0) is 4.74 Å². The quantitative estimate of drug-likeness (QED) is 0.932. The van der Waals surface area contributed by atoms with Gasteiger partial charge in [-0.25, -0.2) is 9.48 Å². The number of hydrogen-bond acceptors (Lipinski definition) is 4. The van der Waals surface area contributed by atoms with Gasteiger partial charge in [0.1, 0.15) is 5.75 Å². The van der Waals surface area contributed by atoms with Gasteiger partial charge in [-0.1, -0.05) is 6.07 Å². The minimum absolute atomic E-state index is 0.212. The van der Waals surface area contributed by atoms with Gasteiger partial charge in [-0.3, -0.25) is 0 Å². The van der Waals surface area contributed by atoms with Crippen molar-refractivity contribution < 1.29 is 14.3 Å². The van der Waals surface area contributed by atoms with Gasteiger partial charge >= 0.3 is 6.03 Å². The predicted molar refractivity (Wildman–Crippen MR) is 89.4 cm³/mol. The van der Waals surface area contributed by atoms with Gasteiger partial charge < -0.3 is 20.1 Å². The lowest BCUT2D eigenvalue weighted by Crippen LogP contribution is -2.46. The molecule has 7 heteroatoms. The Hall–Kier alpha value is -2.54. The molecule has 1 fully saturated rings. The Morgan fingerprint density at radius 2 is 2.21 bits per heavy atom. The number of ether oxygens (including phenoxy) is 2. The van der Waals surface area contributed by atoms with E-state index in [0.717, 1.165) is 28.4 Å². The minimum atomic E-state index is -0.434. The summed E-state index contributed by atoms with van der Waals surface area (Å²) in [6.07, 6.45) is 0.